The Labute approximate surface area is 134 Å². The molecule has 4 nitrogen and oxygen atoms in total. The van der Waals surface area contributed by atoms with Crippen molar-refractivity contribution in [2.24, 2.45) is 17.8 Å². The number of carbonyl (C=O) groups excluding carboxylic acids is 1. The zero-order valence-electron chi connectivity index (χ0n) is 10.9. The minimum Gasteiger partial charge on any atom is -0.481 e. The lowest BCUT2D eigenvalue weighted by Crippen LogP contribution is -2.30. The molecule has 0 heterocycles. The Balaban J connectivity index is 2.13. The fraction of sp³-hybridized carbons (Fsp3) is 0.429. The number of amides is 1. The maximum atomic E-state index is 12.3. The predicted molar refractivity (Wildman–Crippen MR) is 83.5 cm³/mol. The van der Waals surface area contributed by atoms with Gasteiger partial charge in [0.1, 0.15) is 0 Å². The van der Waals surface area contributed by atoms with Gasteiger partial charge in [0.25, 0.3) is 0 Å². The van der Waals surface area contributed by atoms with Gasteiger partial charge in [-0.25, -0.2) is 0 Å². The van der Waals surface area contributed by atoms with Crippen LogP contribution in [0.15, 0.2) is 27.1 Å². The SMILES string of the molecule is CC1C[C@H](C(=O)Nc2ccc(Br)cc2Br)[C@H](C(=O)O)C1. The van der Waals surface area contributed by atoms with Gasteiger partial charge in [0.2, 0.25) is 5.91 Å². The van der Waals surface area contributed by atoms with Crippen molar-refractivity contribution in [2.75, 3.05) is 5.32 Å². The van der Waals surface area contributed by atoms with Crippen molar-refractivity contribution in [3.05, 3.63) is 27.1 Å². The lowest BCUT2D eigenvalue weighted by molar-refractivity contribution is -0.145. The first-order chi connectivity index (χ1) is 9.38. The summed E-state index contributed by atoms with van der Waals surface area (Å²) in [7, 11) is 0. The van der Waals surface area contributed by atoms with Crippen LogP contribution in [0.1, 0.15) is 19.8 Å². The van der Waals surface area contributed by atoms with Crippen molar-refractivity contribution >= 4 is 49.4 Å². The number of anilines is 1. The van der Waals surface area contributed by atoms with Crippen molar-refractivity contribution in [2.45, 2.75) is 19.8 Å². The summed E-state index contributed by atoms with van der Waals surface area (Å²) in [5.41, 5.74) is 0.655. The van der Waals surface area contributed by atoms with Crippen LogP contribution in [-0.4, -0.2) is 17.0 Å². The summed E-state index contributed by atoms with van der Waals surface area (Å²) < 4.78 is 1.67. The van der Waals surface area contributed by atoms with Crippen LogP contribution in [0.5, 0.6) is 0 Å². The first-order valence-corrected chi connectivity index (χ1v) is 7.95. The highest BCUT2D eigenvalue weighted by molar-refractivity contribution is 9.11. The number of carboxylic acid groups (broad SMARTS) is 1. The second-order valence-corrected chi connectivity index (χ2v) is 7.01. The monoisotopic (exact) mass is 403 g/mol. The number of nitrogens with one attached hydrogen (secondary N) is 1. The zero-order valence-corrected chi connectivity index (χ0v) is 14.1. The van der Waals surface area contributed by atoms with E-state index in [1.165, 1.54) is 0 Å². The van der Waals surface area contributed by atoms with Crippen molar-refractivity contribution in [1.29, 1.82) is 0 Å². The van der Waals surface area contributed by atoms with E-state index in [9.17, 15) is 14.7 Å². The van der Waals surface area contributed by atoms with Gasteiger partial charge in [-0.05, 0) is 52.9 Å². The molecular formula is C14H15Br2NO3. The molecule has 0 aliphatic heterocycles. The average Bonchev–Trinajstić information content (AvgIpc) is 2.75. The van der Waals surface area contributed by atoms with Gasteiger partial charge < -0.3 is 10.4 Å². The molecule has 1 saturated carbocycles. The standard InChI is InChI=1S/C14H15Br2NO3/c1-7-4-9(10(5-7)14(19)20)13(18)17-12-3-2-8(15)6-11(12)16/h2-3,6-7,9-10H,4-5H2,1H3,(H,17,18)(H,19,20)/t7?,9-,10+/m0/s1. The van der Waals surface area contributed by atoms with E-state index in [1.807, 2.05) is 19.1 Å². The fourth-order valence-corrected chi connectivity index (χ4v) is 3.82. The molecule has 108 valence electrons. The number of rotatable bonds is 3. The normalized spacial score (nSPS) is 25.4. The molecule has 0 radical (unpaired) electrons. The van der Waals surface area contributed by atoms with Crippen molar-refractivity contribution in [3.8, 4) is 0 Å². The largest absolute Gasteiger partial charge is 0.481 e. The molecule has 1 aromatic rings. The molecule has 1 aliphatic rings. The van der Waals surface area contributed by atoms with E-state index in [1.54, 1.807) is 6.07 Å². The summed E-state index contributed by atoms with van der Waals surface area (Å²) in [4.78, 5) is 23.5. The molecule has 0 bridgehead atoms. The topological polar surface area (TPSA) is 66.4 Å². The zero-order chi connectivity index (χ0) is 14.9. The van der Waals surface area contributed by atoms with Crippen LogP contribution in [-0.2, 0) is 9.59 Å². The van der Waals surface area contributed by atoms with E-state index >= 15 is 0 Å². The second-order valence-electron chi connectivity index (χ2n) is 5.24. The Hall–Kier alpha value is -0.880. The highest BCUT2D eigenvalue weighted by Crippen LogP contribution is 2.37. The molecule has 1 unspecified atom stereocenters. The van der Waals surface area contributed by atoms with E-state index in [4.69, 9.17) is 0 Å². The van der Waals surface area contributed by atoms with Crippen LogP contribution in [0, 0.1) is 17.8 Å². The maximum Gasteiger partial charge on any atom is 0.307 e. The van der Waals surface area contributed by atoms with Gasteiger partial charge in [0.05, 0.1) is 17.5 Å². The Bertz CT molecular complexity index is 547. The number of hydrogen-bond donors (Lipinski definition) is 2. The molecule has 1 aromatic carbocycles. The number of carbonyl (C=O) groups is 2. The average molecular weight is 405 g/mol. The Morgan fingerprint density at radius 3 is 2.50 bits per heavy atom. The summed E-state index contributed by atoms with van der Waals surface area (Å²) in [5, 5.41) is 12.0. The van der Waals surface area contributed by atoms with Crippen molar-refractivity contribution in [3.63, 3.8) is 0 Å². The van der Waals surface area contributed by atoms with Crippen LogP contribution >= 0.6 is 31.9 Å². The van der Waals surface area contributed by atoms with E-state index in [-0.39, 0.29) is 11.8 Å². The van der Waals surface area contributed by atoms with E-state index < -0.39 is 17.8 Å². The molecule has 2 rings (SSSR count). The molecule has 0 saturated heterocycles. The minimum atomic E-state index is -0.885. The quantitative estimate of drug-likeness (QED) is 0.802. The van der Waals surface area contributed by atoms with Crippen molar-refractivity contribution in [1.82, 2.24) is 0 Å². The van der Waals surface area contributed by atoms with Crippen LogP contribution in [0.4, 0.5) is 5.69 Å². The molecule has 1 fully saturated rings. The minimum absolute atomic E-state index is 0.218. The van der Waals surface area contributed by atoms with Gasteiger partial charge in [-0.3, -0.25) is 9.59 Å². The first-order valence-electron chi connectivity index (χ1n) is 6.37. The van der Waals surface area contributed by atoms with Gasteiger partial charge in [-0.15, -0.1) is 0 Å². The number of benzene rings is 1. The molecule has 0 aromatic heterocycles. The predicted octanol–water partition coefficient (Wildman–Crippen LogP) is 3.90. The third-order valence-corrected chi connectivity index (χ3v) is 4.79. The lowest BCUT2D eigenvalue weighted by Gasteiger charge is -2.16. The third kappa shape index (κ3) is 3.41. The third-order valence-electron chi connectivity index (χ3n) is 3.64. The first kappa shape index (κ1) is 15.5. The van der Waals surface area contributed by atoms with Gasteiger partial charge in [0, 0.05) is 8.95 Å². The molecule has 2 N–H and O–H groups in total. The van der Waals surface area contributed by atoms with Crippen LogP contribution in [0.2, 0.25) is 0 Å². The molecule has 1 amide bonds. The fourth-order valence-electron chi connectivity index (χ4n) is 2.67. The van der Waals surface area contributed by atoms with Gasteiger partial charge >= 0.3 is 5.97 Å². The summed E-state index contributed by atoms with van der Waals surface area (Å²) >= 11 is 6.72. The van der Waals surface area contributed by atoms with Crippen LogP contribution in [0.25, 0.3) is 0 Å². The molecule has 0 spiro atoms. The summed E-state index contributed by atoms with van der Waals surface area (Å²) in [6.45, 7) is 1.98. The smallest absolute Gasteiger partial charge is 0.307 e. The van der Waals surface area contributed by atoms with Crippen molar-refractivity contribution < 1.29 is 14.7 Å². The Morgan fingerprint density at radius 1 is 1.25 bits per heavy atom. The number of aliphatic carboxylic acids is 1. The molecule has 6 heteroatoms. The second kappa shape index (κ2) is 6.26. The van der Waals surface area contributed by atoms with Gasteiger partial charge in [-0.1, -0.05) is 22.9 Å². The number of carboxylic acids is 1. The number of halogens is 2. The maximum absolute atomic E-state index is 12.3. The number of hydrogen-bond acceptors (Lipinski definition) is 2. The van der Waals surface area contributed by atoms with Crippen LogP contribution in [0.3, 0.4) is 0 Å². The highest BCUT2D eigenvalue weighted by Gasteiger charge is 2.41. The highest BCUT2D eigenvalue weighted by atomic mass is 79.9. The van der Waals surface area contributed by atoms with E-state index in [2.05, 4.69) is 37.2 Å². The van der Waals surface area contributed by atoms with Gasteiger partial charge in [0.15, 0.2) is 0 Å². The summed E-state index contributed by atoms with van der Waals surface area (Å²) in [6, 6.07) is 5.44. The lowest BCUT2D eigenvalue weighted by atomic mass is 9.95. The molecule has 3 atom stereocenters. The molecule has 20 heavy (non-hydrogen) atoms. The Kier molecular flexibility index (Phi) is 4.86. The molecule has 1 aliphatic carbocycles. The van der Waals surface area contributed by atoms with E-state index in [0.717, 1.165) is 8.95 Å². The Morgan fingerprint density at radius 2 is 1.90 bits per heavy atom. The summed E-state index contributed by atoms with van der Waals surface area (Å²) in [5.74, 6) is -1.88. The van der Waals surface area contributed by atoms with E-state index in [0.29, 0.717) is 18.5 Å². The molecular weight excluding hydrogens is 390 g/mol. The van der Waals surface area contributed by atoms with Gasteiger partial charge in [-0.2, -0.15) is 0 Å². The summed E-state index contributed by atoms with van der Waals surface area (Å²) in [6.07, 6.45) is 1.19. The van der Waals surface area contributed by atoms with Crippen LogP contribution < -0.4 is 5.32 Å².